The van der Waals surface area contributed by atoms with Crippen LogP contribution in [0.2, 0.25) is 0 Å². The summed E-state index contributed by atoms with van der Waals surface area (Å²) in [4.78, 5) is 12.4. The van der Waals surface area contributed by atoms with Crippen molar-refractivity contribution in [2.45, 2.75) is 191 Å². The second kappa shape index (κ2) is 24.5. The van der Waals surface area contributed by atoms with Gasteiger partial charge in [-0.05, 0) is 0 Å². The van der Waals surface area contributed by atoms with Crippen molar-refractivity contribution in [1.82, 2.24) is 0 Å². The van der Waals surface area contributed by atoms with E-state index in [0.717, 1.165) is 6.92 Å². The van der Waals surface area contributed by atoms with Crippen LogP contribution in [0.5, 0.6) is 0 Å². The van der Waals surface area contributed by atoms with E-state index in [1.165, 1.54) is 0 Å². The topological polar surface area (TPSA) is 532 Å². The van der Waals surface area contributed by atoms with Crippen LogP contribution in [0.3, 0.4) is 0 Å². The maximum absolute atomic E-state index is 12.4. The van der Waals surface area contributed by atoms with Gasteiger partial charge in [-0.1, -0.05) is 0 Å². The number of rotatable bonds is 17. The quantitative estimate of drug-likeness (QED) is 0.0475. The van der Waals surface area contributed by atoms with E-state index in [1.54, 1.807) is 0 Å². The molecule has 20 N–H and O–H groups in total. The number of aliphatic hydroxyl groups excluding tert-OH is 18. The maximum atomic E-state index is 12.4. The molecule has 6 aliphatic heterocycles. The Morgan fingerprint density at radius 3 is 1.24 bits per heavy atom. The molecule has 33 nitrogen and oxygen atoms in total. The minimum Gasteiger partial charge on any atom is -0.457 e. The summed E-state index contributed by atoms with van der Waals surface area (Å²) in [7, 11) is 0. The Hall–Kier alpha value is -1.77. The van der Waals surface area contributed by atoms with E-state index in [4.69, 9.17) is 56.8 Å². The lowest BCUT2D eigenvalue weighted by Crippen LogP contribution is -2.68. The smallest absolute Gasteiger partial charge is 0.303 e. The van der Waals surface area contributed by atoms with Gasteiger partial charge in [-0.15, -0.1) is 0 Å². The van der Waals surface area contributed by atoms with Gasteiger partial charge in [0, 0.05) is 6.92 Å². The predicted molar refractivity (Wildman–Crippen MR) is 210 cm³/mol. The van der Waals surface area contributed by atoms with Gasteiger partial charge >= 0.3 is 5.97 Å². The van der Waals surface area contributed by atoms with Crippen molar-refractivity contribution in [2.24, 2.45) is 0 Å². The first-order chi connectivity index (χ1) is 33.4. The fourth-order valence-electron chi connectivity index (χ4n) is 8.76. The summed E-state index contributed by atoms with van der Waals surface area (Å²) in [6.07, 6.45) is -57.0. The molecule has 0 aromatic heterocycles. The van der Waals surface area contributed by atoms with Crippen LogP contribution in [0.1, 0.15) is 6.92 Å². The molecule has 6 aliphatic rings. The fraction of sp³-hybridized carbons (Fsp3) is 0.974. The van der Waals surface area contributed by atoms with Crippen molar-refractivity contribution < 1.29 is 164 Å². The third-order valence-electron chi connectivity index (χ3n) is 12.8. The number of esters is 1. The van der Waals surface area contributed by atoms with Crippen LogP contribution in [0.15, 0.2) is 0 Å². The first-order valence-corrected chi connectivity index (χ1v) is 22.1. The third-order valence-corrected chi connectivity index (χ3v) is 12.8. The number of carbonyl (C=O) groups is 1. The molecule has 0 spiro atoms. The lowest BCUT2D eigenvalue weighted by molar-refractivity contribution is -0.412. The lowest BCUT2D eigenvalue weighted by atomic mass is 9.95. The molecule has 71 heavy (non-hydrogen) atoms. The molecule has 33 heteroatoms. The molecule has 0 saturated carbocycles. The second-order valence-electron chi connectivity index (χ2n) is 17.6. The monoisotopic (exact) mass is 1050 g/mol. The number of hydrogen-bond acceptors (Lipinski definition) is 33. The molecule has 6 heterocycles. The van der Waals surface area contributed by atoms with Crippen LogP contribution >= 0.6 is 0 Å². The molecular weight excluding hydrogens is 984 g/mol. The van der Waals surface area contributed by atoms with Crippen LogP contribution in [0, 0.1) is 0 Å². The molecule has 0 amide bonds. The van der Waals surface area contributed by atoms with E-state index in [-0.39, 0.29) is 0 Å². The normalized spacial score (nSPS) is 50.6. The highest BCUT2D eigenvalue weighted by Crippen LogP contribution is 2.37. The molecule has 0 aliphatic carbocycles. The number of carbonyl (C=O) groups excluding carboxylic acids is 1. The lowest BCUT2D eigenvalue weighted by Gasteiger charge is -2.50. The number of hydrogen-bond donors (Lipinski definition) is 20. The highest BCUT2D eigenvalue weighted by Gasteiger charge is 2.59. The summed E-state index contributed by atoms with van der Waals surface area (Å²) >= 11 is 0. The Bertz CT molecular complexity index is 1660. The molecule has 0 bridgehead atoms. The van der Waals surface area contributed by atoms with Gasteiger partial charge in [0.2, 0.25) is 12.1 Å². The van der Waals surface area contributed by atoms with Gasteiger partial charge in [-0.3, -0.25) is 4.79 Å². The second-order valence-corrected chi connectivity index (χ2v) is 17.6. The third kappa shape index (κ3) is 12.1. The number of aliphatic hydroxyl groups is 20. The zero-order chi connectivity index (χ0) is 52.5. The van der Waals surface area contributed by atoms with E-state index < -0.39 is 230 Å². The summed E-state index contributed by atoms with van der Waals surface area (Å²) in [5, 5.41) is 210. The molecule has 6 rings (SSSR count). The van der Waals surface area contributed by atoms with Gasteiger partial charge < -0.3 is 159 Å². The summed E-state index contributed by atoms with van der Waals surface area (Å²) < 4.78 is 65.8. The van der Waals surface area contributed by atoms with Gasteiger partial charge in [0.1, 0.15) is 134 Å². The Morgan fingerprint density at radius 1 is 0.408 bits per heavy atom. The van der Waals surface area contributed by atoms with E-state index in [1.807, 2.05) is 0 Å². The van der Waals surface area contributed by atoms with E-state index in [0.29, 0.717) is 0 Å². The SMILES string of the molecule is CC(=O)OC1C(O)C(O[C@@H]2C(CO)O[C@H](OC3C(CO)OC(O)C(O)C3O)C(O)[C@@H]2O)OC(CO)C1O[C@H]1OC(CO)[C@H](OC2OC(COC3OC(CO)C(O)C(O)C3(O)O)C(O)C(O)C2O)[C@@H](O)C1O. The maximum Gasteiger partial charge on any atom is 0.303 e. The largest absolute Gasteiger partial charge is 0.457 e. The van der Waals surface area contributed by atoms with Crippen LogP contribution in [0.4, 0.5) is 0 Å². The minimum atomic E-state index is -3.30. The van der Waals surface area contributed by atoms with Crippen molar-refractivity contribution in [3.8, 4) is 0 Å². The Balaban J connectivity index is 1.12. The van der Waals surface area contributed by atoms with Gasteiger partial charge in [-0.2, -0.15) is 0 Å². The summed E-state index contributed by atoms with van der Waals surface area (Å²) in [5.41, 5.74) is 0. The van der Waals surface area contributed by atoms with Gasteiger partial charge in [0.05, 0.1) is 39.6 Å². The summed E-state index contributed by atoms with van der Waals surface area (Å²) in [6.45, 7) is -4.99. The van der Waals surface area contributed by atoms with Gasteiger partial charge in [0.25, 0.3) is 0 Å². The van der Waals surface area contributed by atoms with Crippen molar-refractivity contribution >= 4 is 5.97 Å². The summed E-state index contributed by atoms with van der Waals surface area (Å²) in [5.74, 6) is -4.39. The Kier molecular flexibility index (Phi) is 20.2. The first-order valence-electron chi connectivity index (χ1n) is 22.1. The molecule has 414 valence electrons. The number of ether oxygens (including phenoxy) is 12. The predicted octanol–water partition coefficient (Wildman–Crippen LogP) is -14.2. The van der Waals surface area contributed by atoms with Crippen molar-refractivity contribution in [1.29, 1.82) is 0 Å². The van der Waals surface area contributed by atoms with Gasteiger partial charge in [0.15, 0.2) is 37.6 Å². The summed E-state index contributed by atoms with van der Waals surface area (Å²) in [6, 6.07) is 0. The minimum absolute atomic E-state index is 0.875. The van der Waals surface area contributed by atoms with Crippen LogP contribution in [-0.4, -0.2) is 332 Å². The van der Waals surface area contributed by atoms with Crippen molar-refractivity contribution in [3.63, 3.8) is 0 Å². The zero-order valence-corrected chi connectivity index (χ0v) is 37.2. The molecule has 0 aromatic carbocycles. The molecule has 0 radical (unpaired) electrons. The zero-order valence-electron chi connectivity index (χ0n) is 37.2. The standard InChI is InChI=1S/C38H64O33/c1-8(44)61-30-25(55)36(70-28-12(5-42)63-34(23(53)19(28)49)68-26-10(3-40)62-32(57)21(51)18(26)48)65-13(6-43)29(30)71-35-24(54)20(50)27(11(4-41)64-35)69-33-22(52)17(47)15(45)14(66-33)7-60-37-38(58,59)31(56)16(46)9(2-39)67-37/h9-37,39-43,45-59H,2-7H2,1H3/t9?,10?,11?,12?,13?,14?,15?,16?,17?,18?,19-,20-,21?,22?,23?,24?,25?,26?,27-,28+,29?,30?,31?,32?,33?,34+,35+,36?,37?/m0/s1. The Morgan fingerprint density at radius 2 is 0.789 bits per heavy atom. The first kappa shape index (κ1) is 58.5. The highest BCUT2D eigenvalue weighted by atomic mass is 16.8. The van der Waals surface area contributed by atoms with Gasteiger partial charge in [-0.25, -0.2) is 0 Å². The highest BCUT2D eigenvalue weighted by molar-refractivity contribution is 5.66. The molecule has 6 saturated heterocycles. The molecule has 0 aromatic rings. The van der Waals surface area contributed by atoms with Crippen molar-refractivity contribution in [2.75, 3.05) is 39.6 Å². The average Bonchev–Trinajstić information content (AvgIpc) is 3.34. The van der Waals surface area contributed by atoms with Crippen LogP contribution in [-0.2, 0) is 61.6 Å². The molecule has 29 atom stereocenters. The average molecular weight is 1050 g/mol. The fourth-order valence-corrected chi connectivity index (χ4v) is 8.76. The van der Waals surface area contributed by atoms with Crippen molar-refractivity contribution in [3.05, 3.63) is 0 Å². The molecule has 6 fully saturated rings. The molecule has 23 unspecified atom stereocenters. The van der Waals surface area contributed by atoms with E-state index >= 15 is 0 Å². The van der Waals surface area contributed by atoms with Crippen LogP contribution in [0.25, 0.3) is 0 Å². The van der Waals surface area contributed by atoms with E-state index in [2.05, 4.69) is 0 Å². The molecular formula is C38H64O33. The van der Waals surface area contributed by atoms with E-state index in [9.17, 15) is 107 Å². The van der Waals surface area contributed by atoms with Crippen LogP contribution < -0.4 is 0 Å². The Labute approximate surface area is 400 Å².